The van der Waals surface area contributed by atoms with E-state index in [9.17, 15) is 18.2 Å². The van der Waals surface area contributed by atoms with Gasteiger partial charge in [0.2, 0.25) is 0 Å². The van der Waals surface area contributed by atoms with Gasteiger partial charge in [0.1, 0.15) is 6.33 Å². The molecule has 1 aromatic heterocycles. The van der Waals surface area contributed by atoms with Crippen LogP contribution in [-0.2, 0) is 25.1 Å². The second kappa shape index (κ2) is 11.1. The SMILES string of the molecule is C=S=S(=O)(CCCCCn1cnc(=O)[nH]c1=O)N[C@H](C)c1ccc(F)c(OCC2CC2)c1. The van der Waals surface area contributed by atoms with E-state index in [0.717, 1.165) is 34.7 Å². The molecule has 0 spiro atoms. The Labute approximate surface area is 189 Å². The van der Waals surface area contributed by atoms with Crippen LogP contribution in [0, 0.1) is 11.7 Å². The van der Waals surface area contributed by atoms with Crippen LogP contribution in [0.25, 0.3) is 0 Å². The van der Waals surface area contributed by atoms with Gasteiger partial charge in [0.25, 0.3) is 0 Å². The molecule has 8 nitrogen and oxygen atoms in total. The monoisotopic (exact) mass is 484 g/mol. The lowest BCUT2D eigenvalue weighted by Gasteiger charge is -2.18. The van der Waals surface area contributed by atoms with Crippen LogP contribution in [0.1, 0.15) is 50.6 Å². The molecule has 176 valence electrons. The Bertz CT molecular complexity index is 1190. The van der Waals surface area contributed by atoms with Crippen molar-refractivity contribution in [1.82, 2.24) is 19.3 Å². The maximum Gasteiger partial charge on any atom is 0.350 e. The molecule has 1 fully saturated rings. The molecule has 1 unspecified atom stereocenters. The van der Waals surface area contributed by atoms with Gasteiger partial charge in [-0.2, -0.15) is 4.98 Å². The van der Waals surface area contributed by atoms with E-state index in [1.807, 2.05) is 6.92 Å². The minimum absolute atomic E-state index is 0.226. The summed E-state index contributed by atoms with van der Waals surface area (Å²) >= 11 is 0. The number of halogens is 1. The number of aryl methyl sites for hydroxylation is 1. The number of aromatic nitrogens is 3. The van der Waals surface area contributed by atoms with Gasteiger partial charge < -0.3 is 4.74 Å². The number of hydrogen-bond donors (Lipinski definition) is 2. The molecule has 2 aromatic rings. The second-order valence-corrected chi connectivity index (χ2v) is 12.4. The zero-order chi connectivity index (χ0) is 23.1. The molecule has 1 aromatic carbocycles. The third kappa shape index (κ3) is 7.14. The summed E-state index contributed by atoms with van der Waals surface area (Å²) < 4.78 is 37.4. The number of nitrogens with zero attached hydrogens (tertiary/aromatic N) is 2. The van der Waals surface area contributed by atoms with Gasteiger partial charge in [-0.15, -0.1) is 0 Å². The zero-order valence-corrected chi connectivity index (χ0v) is 19.7. The van der Waals surface area contributed by atoms with Gasteiger partial charge in [0, 0.05) is 18.3 Å². The minimum Gasteiger partial charge on any atom is -0.490 e. The van der Waals surface area contributed by atoms with Crippen LogP contribution in [0.4, 0.5) is 4.39 Å². The first-order chi connectivity index (χ1) is 15.3. The van der Waals surface area contributed by atoms with Crippen molar-refractivity contribution in [2.45, 2.75) is 51.6 Å². The number of rotatable bonds is 12. The average molecular weight is 485 g/mol. The van der Waals surface area contributed by atoms with Crippen molar-refractivity contribution in [1.29, 1.82) is 0 Å². The molecule has 32 heavy (non-hydrogen) atoms. The van der Waals surface area contributed by atoms with E-state index in [4.69, 9.17) is 4.74 Å². The van der Waals surface area contributed by atoms with Crippen molar-refractivity contribution >= 4 is 24.5 Å². The van der Waals surface area contributed by atoms with Gasteiger partial charge in [-0.1, -0.05) is 22.4 Å². The summed E-state index contributed by atoms with van der Waals surface area (Å²) in [7, 11) is -1.44. The molecule has 1 heterocycles. The van der Waals surface area contributed by atoms with Crippen molar-refractivity contribution in [2.24, 2.45) is 5.92 Å². The molecular formula is C21H29FN4O4S2. The number of unbranched alkanes of at least 4 members (excludes halogenated alkanes) is 2. The largest absolute Gasteiger partial charge is 0.490 e. The number of ether oxygens (including phenoxy) is 1. The fourth-order valence-corrected chi connectivity index (χ4v) is 6.07. The summed E-state index contributed by atoms with van der Waals surface area (Å²) in [5, 5.41) is 0. The lowest BCUT2D eigenvalue weighted by atomic mass is 10.1. The van der Waals surface area contributed by atoms with Crippen molar-refractivity contribution < 1.29 is 13.3 Å². The number of aromatic amines is 1. The van der Waals surface area contributed by atoms with Crippen LogP contribution in [0.3, 0.4) is 0 Å². The average Bonchev–Trinajstić information content (AvgIpc) is 3.58. The molecule has 0 bridgehead atoms. The Morgan fingerprint density at radius 1 is 1.38 bits per heavy atom. The topological polar surface area (TPSA) is 106 Å². The first-order valence-electron chi connectivity index (χ1n) is 10.6. The number of H-pyrrole nitrogens is 1. The van der Waals surface area contributed by atoms with Gasteiger partial charge in [-0.05, 0) is 62.1 Å². The third-order valence-electron chi connectivity index (χ3n) is 5.27. The Kier molecular flexibility index (Phi) is 8.44. The highest BCUT2D eigenvalue weighted by Crippen LogP contribution is 2.31. The fourth-order valence-electron chi connectivity index (χ4n) is 3.16. The highest BCUT2D eigenvalue weighted by atomic mass is 32.9. The van der Waals surface area contributed by atoms with Crippen LogP contribution >= 0.6 is 0 Å². The molecule has 2 N–H and O–H groups in total. The summed E-state index contributed by atoms with van der Waals surface area (Å²) in [6.45, 7) is 2.82. The summed E-state index contributed by atoms with van der Waals surface area (Å²) in [6, 6.07) is 4.44. The van der Waals surface area contributed by atoms with E-state index in [0.29, 0.717) is 37.7 Å². The number of nitrogens with one attached hydrogen (secondary N) is 2. The van der Waals surface area contributed by atoms with E-state index in [1.165, 1.54) is 17.0 Å². The summed E-state index contributed by atoms with van der Waals surface area (Å²) in [5.74, 6) is 4.53. The van der Waals surface area contributed by atoms with Crippen LogP contribution in [0.2, 0.25) is 0 Å². The molecule has 0 amide bonds. The van der Waals surface area contributed by atoms with Crippen molar-refractivity contribution in [3.05, 3.63) is 56.9 Å². The normalized spacial score (nSPS) is 16.3. The van der Waals surface area contributed by atoms with Crippen LogP contribution in [0.5, 0.6) is 5.75 Å². The first-order valence-corrected chi connectivity index (χ1v) is 13.8. The molecule has 1 aliphatic rings. The Hall–Kier alpha value is -2.24. The predicted octanol–water partition coefficient (Wildman–Crippen LogP) is 2.01. The Morgan fingerprint density at radius 2 is 2.16 bits per heavy atom. The van der Waals surface area contributed by atoms with E-state index in [2.05, 4.69) is 20.6 Å². The second-order valence-electron chi connectivity index (χ2n) is 7.95. The number of benzene rings is 1. The summed E-state index contributed by atoms with van der Waals surface area (Å²) in [5.41, 5.74) is -0.359. The predicted molar refractivity (Wildman–Crippen MR) is 127 cm³/mol. The van der Waals surface area contributed by atoms with Crippen LogP contribution in [0.15, 0.2) is 34.1 Å². The van der Waals surface area contributed by atoms with Crippen molar-refractivity contribution in [2.75, 3.05) is 12.4 Å². The van der Waals surface area contributed by atoms with Crippen molar-refractivity contribution in [3.8, 4) is 5.75 Å². The lowest BCUT2D eigenvalue weighted by Crippen LogP contribution is -2.31. The highest BCUT2D eigenvalue weighted by Gasteiger charge is 2.23. The molecule has 0 saturated heterocycles. The van der Waals surface area contributed by atoms with Gasteiger partial charge in [0.15, 0.2) is 11.6 Å². The first kappa shape index (κ1) is 24.4. The van der Waals surface area contributed by atoms with Gasteiger partial charge in [0.05, 0.1) is 15.3 Å². The van der Waals surface area contributed by atoms with E-state index in [-0.39, 0.29) is 11.8 Å². The van der Waals surface area contributed by atoms with E-state index >= 15 is 0 Å². The maximum atomic E-state index is 14.1. The zero-order valence-electron chi connectivity index (χ0n) is 18.0. The quantitative estimate of drug-likeness (QED) is 0.354. The van der Waals surface area contributed by atoms with Gasteiger partial charge in [-0.25, -0.2) is 22.9 Å². The van der Waals surface area contributed by atoms with E-state index in [1.54, 1.807) is 12.1 Å². The molecule has 0 radical (unpaired) electrons. The van der Waals surface area contributed by atoms with Gasteiger partial charge in [-0.3, -0.25) is 9.55 Å². The maximum absolute atomic E-state index is 14.1. The molecule has 3 rings (SSSR count). The van der Waals surface area contributed by atoms with E-state index < -0.39 is 25.9 Å². The third-order valence-corrected chi connectivity index (χ3v) is 9.13. The highest BCUT2D eigenvalue weighted by molar-refractivity contribution is 8.37. The number of hydrogen-bond acceptors (Lipinski definition) is 5. The van der Waals surface area contributed by atoms with Crippen LogP contribution in [-0.4, -0.2) is 37.0 Å². The summed E-state index contributed by atoms with van der Waals surface area (Å²) in [6.07, 6.45) is 5.58. The van der Waals surface area contributed by atoms with Crippen molar-refractivity contribution in [3.63, 3.8) is 0 Å². The Morgan fingerprint density at radius 3 is 2.84 bits per heavy atom. The van der Waals surface area contributed by atoms with Gasteiger partial charge >= 0.3 is 11.4 Å². The molecule has 1 aliphatic carbocycles. The molecule has 0 aliphatic heterocycles. The minimum atomic E-state index is -2.48. The standard InChI is InChI=1S/C21H29FN4O4S2/c1-15(17-8-9-18(22)19(12-17)30-13-16-6-7-16)25-32(29,31-2)11-5-3-4-10-26-14-23-20(27)24-21(26)28/h8-9,12,14-16H,2-7,10-11,13H2,1H3,(H,25,29)(H,24,27,28)/t15-,32?/m1/s1. The molecule has 1 saturated carbocycles. The molecule has 11 heteroatoms. The fraction of sp³-hybridized carbons (Fsp3) is 0.524. The molecule has 2 atom stereocenters. The Balaban J connectivity index is 1.51. The summed E-state index contributed by atoms with van der Waals surface area (Å²) in [4.78, 5) is 28.3. The smallest absolute Gasteiger partial charge is 0.350 e. The lowest BCUT2D eigenvalue weighted by molar-refractivity contribution is 0.285. The van der Waals surface area contributed by atoms with Crippen LogP contribution < -0.4 is 20.8 Å². The molecular weight excluding hydrogens is 455 g/mol.